The van der Waals surface area contributed by atoms with Gasteiger partial charge in [0.15, 0.2) is 0 Å². The Morgan fingerprint density at radius 1 is 0.943 bits per heavy atom. The van der Waals surface area contributed by atoms with Gasteiger partial charge in [-0.1, -0.05) is 55.8 Å². The summed E-state index contributed by atoms with van der Waals surface area (Å²) in [6.45, 7) is 3.85. The molecular weight excluding hydrogens is 460 g/mol. The number of methoxy groups -OCH3 is 1. The maximum absolute atomic E-state index is 13.5. The molecule has 0 atom stereocenters. The van der Waals surface area contributed by atoms with Gasteiger partial charge in [-0.25, -0.2) is 8.42 Å². The number of hydrogen-bond donors (Lipinski definition) is 1. The first-order valence-corrected chi connectivity index (χ1v) is 13.3. The van der Waals surface area contributed by atoms with Gasteiger partial charge in [-0.05, 0) is 73.2 Å². The second-order valence-electron chi connectivity index (χ2n) is 8.55. The number of sulfonamides is 1. The molecule has 0 aliphatic heterocycles. The Labute approximate surface area is 209 Å². The van der Waals surface area contributed by atoms with E-state index in [9.17, 15) is 13.2 Å². The van der Waals surface area contributed by atoms with E-state index in [4.69, 9.17) is 4.74 Å². The number of nitrogens with one attached hydrogen (secondary N) is 1. The summed E-state index contributed by atoms with van der Waals surface area (Å²) in [5.74, 6) is 0.230. The highest BCUT2D eigenvalue weighted by atomic mass is 32.2. The molecule has 0 aromatic heterocycles. The number of ether oxygens (including phenoxy) is 1. The van der Waals surface area contributed by atoms with E-state index in [1.54, 1.807) is 26.2 Å². The Hall–Kier alpha value is -3.16. The average molecular weight is 495 g/mol. The minimum absolute atomic E-state index is 0.136. The number of nitrogens with zero attached hydrogens (tertiary/aromatic N) is 1. The third kappa shape index (κ3) is 7.41. The second kappa shape index (κ2) is 12.5. The second-order valence-corrected chi connectivity index (χ2v) is 10.5. The molecule has 3 aromatic carbocycles. The molecule has 0 fully saturated rings. The first-order valence-electron chi connectivity index (χ1n) is 11.9. The zero-order valence-corrected chi connectivity index (χ0v) is 21.5. The summed E-state index contributed by atoms with van der Waals surface area (Å²) in [7, 11) is -2.36. The van der Waals surface area contributed by atoms with Gasteiger partial charge in [0, 0.05) is 12.2 Å². The minimum atomic E-state index is -3.91. The molecule has 0 saturated carbocycles. The maximum atomic E-state index is 13.5. The van der Waals surface area contributed by atoms with E-state index in [2.05, 4.69) is 12.2 Å². The highest BCUT2D eigenvalue weighted by molar-refractivity contribution is 7.89. The zero-order valence-electron chi connectivity index (χ0n) is 20.7. The standard InChI is InChI=1S/C28H34N2O4S/c1-4-5-9-24-12-14-25(15-13-24)29-28(31)21-30(19-18-23-10-7-6-8-11-23)35(32,33)26-16-17-27(34-3)22(2)20-26/h6-8,10-17,20H,4-5,9,18-19,21H2,1-3H3,(H,29,31). The van der Waals surface area contributed by atoms with Gasteiger partial charge in [-0.3, -0.25) is 4.79 Å². The molecule has 0 radical (unpaired) electrons. The van der Waals surface area contributed by atoms with Gasteiger partial charge in [-0.15, -0.1) is 0 Å². The number of carbonyl (C=O) groups excluding carboxylic acids is 1. The van der Waals surface area contributed by atoms with Crippen molar-refractivity contribution in [2.45, 2.75) is 44.4 Å². The minimum Gasteiger partial charge on any atom is -0.496 e. The van der Waals surface area contributed by atoms with E-state index < -0.39 is 10.0 Å². The van der Waals surface area contributed by atoms with Gasteiger partial charge in [0.05, 0.1) is 18.6 Å². The number of hydrogen-bond acceptors (Lipinski definition) is 4. The topological polar surface area (TPSA) is 75.7 Å². The number of aryl methyl sites for hydroxylation is 2. The van der Waals surface area contributed by atoms with Gasteiger partial charge in [-0.2, -0.15) is 4.31 Å². The predicted octanol–water partition coefficient (Wildman–Crippen LogP) is 5.22. The van der Waals surface area contributed by atoms with Crippen LogP contribution in [0.3, 0.4) is 0 Å². The van der Waals surface area contributed by atoms with Gasteiger partial charge in [0.2, 0.25) is 15.9 Å². The van der Waals surface area contributed by atoms with Crippen molar-refractivity contribution in [3.63, 3.8) is 0 Å². The van der Waals surface area contributed by atoms with Crippen LogP contribution in [-0.4, -0.2) is 38.8 Å². The third-order valence-electron chi connectivity index (χ3n) is 5.87. The zero-order chi connectivity index (χ0) is 25.3. The van der Waals surface area contributed by atoms with Gasteiger partial charge < -0.3 is 10.1 Å². The molecule has 7 heteroatoms. The Bertz CT molecular complexity index is 1210. The number of unbranched alkanes of at least 4 members (excludes halogenated alkanes) is 1. The maximum Gasteiger partial charge on any atom is 0.243 e. The molecule has 1 amide bonds. The lowest BCUT2D eigenvalue weighted by molar-refractivity contribution is -0.116. The first-order chi connectivity index (χ1) is 16.8. The molecule has 35 heavy (non-hydrogen) atoms. The van der Waals surface area contributed by atoms with Crippen molar-refractivity contribution in [3.8, 4) is 5.75 Å². The molecule has 186 valence electrons. The van der Waals surface area contributed by atoms with E-state index >= 15 is 0 Å². The molecule has 6 nitrogen and oxygen atoms in total. The van der Waals surface area contributed by atoms with Crippen LogP contribution >= 0.6 is 0 Å². The smallest absolute Gasteiger partial charge is 0.243 e. The van der Waals surface area contributed by atoms with Gasteiger partial charge >= 0.3 is 0 Å². The van der Waals surface area contributed by atoms with Crippen LogP contribution in [0.5, 0.6) is 5.75 Å². The van der Waals surface area contributed by atoms with Crippen LogP contribution in [-0.2, 0) is 27.7 Å². The van der Waals surface area contributed by atoms with Crippen LogP contribution in [0, 0.1) is 6.92 Å². The largest absolute Gasteiger partial charge is 0.496 e. The average Bonchev–Trinajstić information content (AvgIpc) is 2.86. The van der Waals surface area contributed by atoms with Crippen LogP contribution in [0.2, 0.25) is 0 Å². The predicted molar refractivity (Wildman–Crippen MR) is 140 cm³/mol. The summed E-state index contributed by atoms with van der Waals surface area (Å²) >= 11 is 0. The Kier molecular flexibility index (Phi) is 9.46. The fraction of sp³-hybridized carbons (Fsp3) is 0.321. The summed E-state index contributed by atoms with van der Waals surface area (Å²) in [5.41, 5.74) is 3.58. The van der Waals surface area contributed by atoms with E-state index in [-0.39, 0.29) is 23.9 Å². The van der Waals surface area contributed by atoms with Crippen molar-refractivity contribution in [1.82, 2.24) is 4.31 Å². The molecule has 0 saturated heterocycles. The third-order valence-corrected chi connectivity index (χ3v) is 7.71. The molecule has 3 aromatic rings. The quantitative estimate of drug-likeness (QED) is 0.375. The molecule has 0 unspecified atom stereocenters. The molecule has 0 heterocycles. The normalized spacial score (nSPS) is 11.4. The number of benzene rings is 3. The van der Waals surface area contributed by atoms with Crippen LogP contribution in [0.25, 0.3) is 0 Å². The van der Waals surface area contributed by atoms with Crippen molar-refractivity contribution in [1.29, 1.82) is 0 Å². The Morgan fingerprint density at radius 2 is 1.63 bits per heavy atom. The lowest BCUT2D eigenvalue weighted by atomic mass is 10.1. The van der Waals surface area contributed by atoms with E-state index in [0.717, 1.165) is 24.8 Å². The SMILES string of the molecule is CCCCc1ccc(NC(=O)CN(CCc2ccccc2)S(=O)(=O)c2ccc(OC)c(C)c2)cc1. The molecule has 0 spiro atoms. The van der Waals surface area contributed by atoms with Crippen molar-refractivity contribution in [2.75, 3.05) is 25.5 Å². The van der Waals surface area contributed by atoms with Crippen molar-refractivity contribution >= 4 is 21.6 Å². The molecule has 0 aliphatic carbocycles. The lowest BCUT2D eigenvalue weighted by Gasteiger charge is -2.22. The van der Waals surface area contributed by atoms with E-state index in [0.29, 0.717) is 23.4 Å². The summed E-state index contributed by atoms with van der Waals surface area (Å²) in [4.78, 5) is 13.0. The number of amides is 1. The number of carbonyl (C=O) groups is 1. The summed E-state index contributed by atoms with van der Waals surface area (Å²) in [6.07, 6.45) is 3.73. The summed E-state index contributed by atoms with van der Waals surface area (Å²) in [5, 5.41) is 2.84. The van der Waals surface area contributed by atoms with Crippen molar-refractivity contribution in [2.24, 2.45) is 0 Å². The summed E-state index contributed by atoms with van der Waals surface area (Å²) in [6, 6.07) is 22.1. The molecular formula is C28H34N2O4S. The fourth-order valence-electron chi connectivity index (χ4n) is 3.84. The molecule has 3 rings (SSSR count). The van der Waals surface area contributed by atoms with Crippen molar-refractivity contribution < 1.29 is 17.9 Å². The highest BCUT2D eigenvalue weighted by Crippen LogP contribution is 2.24. The van der Waals surface area contributed by atoms with E-state index in [1.807, 2.05) is 54.6 Å². The molecule has 1 N–H and O–H groups in total. The van der Waals surface area contributed by atoms with Crippen LogP contribution in [0.4, 0.5) is 5.69 Å². The molecule has 0 aliphatic rings. The number of anilines is 1. The Balaban J connectivity index is 1.78. The fourth-order valence-corrected chi connectivity index (χ4v) is 5.32. The Morgan fingerprint density at radius 3 is 2.26 bits per heavy atom. The first kappa shape index (κ1) is 26.4. The lowest BCUT2D eigenvalue weighted by Crippen LogP contribution is -2.39. The van der Waals surface area contributed by atoms with E-state index in [1.165, 1.54) is 15.9 Å². The summed E-state index contributed by atoms with van der Waals surface area (Å²) < 4.78 is 33.6. The monoisotopic (exact) mass is 494 g/mol. The van der Waals surface area contributed by atoms with Crippen LogP contribution in [0.15, 0.2) is 77.7 Å². The van der Waals surface area contributed by atoms with Gasteiger partial charge in [0.25, 0.3) is 0 Å². The van der Waals surface area contributed by atoms with Crippen LogP contribution in [0.1, 0.15) is 36.5 Å². The number of rotatable bonds is 12. The highest BCUT2D eigenvalue weighted by Gasteiger charge is 2.27. The van der Waals surface area contributed by atoms with Crippen LogP contribution < -0.4 is 10.1 Å². The van der Waals surface area contributed by atoms with Gasteiger partial charge in [0.1, 0.15) is 5.75 Å². The molecule has 0 bridgehead atoms. The van der Waals surface area contributed by atoms with Crippen molar-refractivity contribution in [3.05, 3.63) is 89.5 Å².